The SMILES string of the molecule is O=C(NCC(O)COc1ccccc1)NCC1CCS(=O)(=O)C1. The summed E-state index contributed by atoms with van der Waals surface area (Å²) in [4.78, 5) is 11.6. The van der Waals surface area contributed by atoms with Gasteiger partial charge in [-0.1, -0.05) is 18.2 Å². The molecule has 1 aliphatic rings. The molecule has 0 radical (unpaired) electrons. The van der Waals surface area contributed by atoms with Gasteiger partial charge in [0.2, 0.25) is 0 Å². The fourth-order valence-electron chi connectivity index (χ4n) is 2.31. The molecule has 1 heterocycles. The Labute approximate surface area is 136 Å². The van der Waals surface area contributed by atoms with Crippen LogP contribution in [0, 0.1) is 5.92 Å². The molecule has 2 rings (SSSR count). The molecule has 1 aromatic carbocycles. The minimum Gasteiger partial charge on any atom is -0.491 e. The van der Waals surface area contributed by atoms with E-state index in [0.717, 1.165) is 0 Å². The van der Waals surface area contributed by atoms with Crippen LogP contribution in [0.3, 0.4) is 0 Å². The molecule has 0 spiro atoms. The van der Waals surface area contributed by atoms with E-state index in [4.69, 9.17) is 4.74 Å². The van der Waals surface area contributed by atoms with Crippen molar-refractivity contribution in [3.05, 3.63) is 30.3 Å². The standard InChI is InChI=1S/C15H22N2O5S/c18-13(10-22-14-4-2-1-3-5-14)9-17-15(19)16-8-12-6-7-23(20,21)11-12/h1-5,12-13,18H,6-11H2,(H2,16,17,19). The number of urea groups is 1. The van der Waals surface area contributed by atoms with E-state index in [1.54, 1.807) is 12.1 Å². The number of aliphatic hydroxyl groups is 1. The van der Waals surface area contributed by atoms with Crippen molar-refractivity contribution in [1.29, 1.82) is 0 Å². The lowest BCUT2D eigenvalue weighted by atomic mass is 10.1. The number of rotatable bonds is 7. The van der Waals surface area contributed by atoms with E-state index in [0.29, 0.717) is 18.7 Å². The molecule has 1 fully saturated rings. The van der Waals surface area contributed by atoms with E-state index in [9.17, 15) is 18.3 Å². The monoisotopic (exact) mass is 342 g/mol. The molecule has 128 valence electrons. The Morgan fingerprint density at radius 3 is 2.70 bits per heavy atom. The van der Waals surface area contributed by atoms with Crippen molar-refractivity contribution in [3.8, 4) is 5.75 Å². The largest absolute Gasteiger partial charge is 0.491 e. The average molecular weight is 342 g/mol. The van der Waals surface area contributed by atoms with Crippen LogP contribution in [-0.2, 0) is 9.84 Å². The Kier molecular flexibility index (Phi) is 6.23. The molecule has 1 saturated heterocycles. The van der Waals surface area contributed by atoms with Gasteiger partial charge in [0.15, 0.2) is 9.84 Å². The molecule has 7 nitrogen and oxygen atoms in total. The number of carbonyl (C=O) groups is 1. The Balaban J connectivity index is 1.58. The Hall–Kier alpha value is -1.80. The van der Waals surface area contributed by atoms with Crippen LogP contribution in [0.25, 0.3) is 0 Å². The zero-order valence-corrected chi connectivity index (χ0v) is 13.6. The minimum atomic E-state index is -2.93. The molecule has 0 saturated carbocycles. The Bertz CT molecular complexity index is 606. The quantitative estimate of drug-likeness (QED) is 0.655. The van der Waals surface area contributed by atoms with E-state index in [1.165, 1.54) is 0 Å². The van der Waals surface area contributed by atoms with Gasteiger partial charge in [-0.25, -0.2) is 13.2 Å². The number of aliphatic hydroxyl groups excluding tert-OH is 1. The minimum absolute atomic E-state index is 0.0305. The van der Waals surface area contributed by atoms with Crippen LogP contribution in [0.1, 0.15) is 6.42 Å². The van der Waals surface area contributed by atoms with Gasteiger partial charge < -0.3 is 20.5 Å². The van der Waals surface area contributed by atoms with Crippen molar-refractivity contribution in [3.63, 3.8) is 0 Å². The summed E-state index contributed by atoms with van der Waals surface area (Å²) in [5, 5.41) is 14.9. The summed E-state index contributed by atoms with van der Waals surface area (Å²) in [5.74, 6) is 0.938. The molecule has 0 aliphatic carbocycles. The number of benzene rings is 1. The number of hydrogen-bond acceptors (Lipinski definition) is 5. The summed E-state index contributed by atoms with van der Waals surface area (Å²) in [5.41, 5.74) is 0. The van der Waals surface area contributed by atoms with Gasteiger partial charge >= 0.3 is 6.03 Å². The number of carbonyl (C=O) groups excluding carboxylic acids is 1. The van der Waals surface area contributed by atoms with E-state index in [-0.39, 0.29) is 30.6 Å². The van der Waals surface area contributed by atoms with Gasteiger partial charge in [-0.3, -0.25) is 0 Å². The van der Waals surface area contributed by atoms with E-state index in [2.05, 4.69) is 10.6 Å². The highest BCUT2D eigenvalue weighted by Crippen LogP contribution is 2.17. The third-order valence-electron chi connectivity index (χ3n) is 3.56. The van der Waals surface area contributed by atoms with E-state index >= 15 is 0 Å². The van der Waals surface area contributed by atoms with Gasteiger partial charge in [0, 0.05) is 13.1 Å². The maximum atomic E-state index is 11.6. The zero-order valence-electron chi connectivity index (χ0n) is 12.8. The topological polar surface area (TPSA) is 105 Å². The molecule has 8 heteroatoms. The van der Waals surface area contributed by atoms with Crippen molar-refractivity contribution in [2.75, 3.05) is 31.2 Å². The van der Waals surface area contributed by atoms with Gasteiger partial charge in [0.25, 0.3) is 0 Å². The predicted molar refractivity (Wildman–Crippen MR) is 86.1 cm³/mol. The van der Waals surface area contributed by atoms with Crippen LogP contribution in [0.2, 0.25) is 0 Å². The van der Waals surface area contributed by atoms with Crippen LogP contribution < -0.4 is 15.4 Å². The number of sulfone groups is 1. The van der Waals surface area contributed by atoms with Crippen LogP contribution in [-0.4, -0.2) is 56.9 Å². The maximum absolute atomic E-state index is 11.6. The van der Waals surface area contributed by atoms with Crippen molar-refractivity contribution < 1.29 is 23.1 Å². The van der Waals surface area contributed by atoms with Gasteiger partial charge in [-0.2, -0.15) is 0 Å². The van der Waals surface area contributed by atoms with Gasteiger partial charge in [0.05, 0.1) is 11.5 Å². The summed E-state index contributed by atoms with van der Waals surface area (Å²) in [6.07, 6.45) is -0.247. The number of para-hydroxylation sites is 1. The first-order valence-electron chi connectivity index (χ1n) is 7.52. The highest BCUT2D eigenvalue weighted by molar-refractivity contribution is 7.91. The van der Waals surface area contributed by atoms with Gasteiger partial charge in [-0.15, -0.1) is 0 Å². The molecule has 1 aliphatic heterocycles. The second-order valence-electron chi connectivity index (χ2n) is 5.64. The molecule has 2 atom stereocenters. The molecular formula is C15H22N2O5S. The van der Waals surface area contributed by atoms with Gasteiger partial charge in [0.1, 0.15) is 18.5 Å². The van der Waals surface area contributed by atoms with Crippen LogP contribution in [0.5, 0.6) is 5.75 Å². The number of ether oxygens (including phenoxy) is 1. The second kappa shape index (κ2) is 8.16. The third kappa shape index (κ3) is 6.45. The molecule has 2 unspecified atom stereocenters. The molecule has 3 N–H and O–H groups in total. The first-order valence-corrected chi connectivity index (χ1v) is 9.35. The summed E-state index contributed by atoms with van der Waals surface area (Å²) in [6.45, 7) is 0.453. The lowest BCUT2D eigenvalue weighted by molar-refractivity contribution is 0.108. The number of amides is 2. The fourth-order valence-corrected chi connectivity index (χ4v) is 4.17. The highest BCUT2D eigenvalue weighted by Gasteiger charge is 2.27. The first kappa shape index (κ1) is 17.6. The lowest BCUT2D eigenvalue weighted by Crippen LogP contribution is -2.42. The second-order valence-corrected chi connectivity index (χ2v) is 7.87. The normalized spacial score (nSPS) is 20.7. The fraction of sp³-hybridized carbons (Fsp3) is 0.533. The highest BCUT2D eigenvalue weighted by atomic mass is 32.2. The van der Waals surface area contributed by atoms with E-state index < -0.39 is 22.0 Å². The molecule has 23 heavy (non-hydrogen) atoms. The van der Waals surface area contributed by atoms with Crippen LogP contribution in [0.4, 0.5) is 4.79 Å². The van der Waals surface area contributed by atoms with Crippen molar-refractivity contribution >= 4 is 15.9 Å². The molecule has 1 aromatic rings. The smallest absolute Gasteiger partial charge is 0.314 e. The van der Waals surface area contributed by atoms with Crippen molar-refractivity contribution in [2.45, 2.75) is 12.5 Å². The molecular weight excluding hydrogens is 320 g/mol. The van der Waals surface area contributed by atoms with Crippen LogP contribution >= 0.6 is 0 Å². The lowest BCUT2D eigenvalue weighted by Gasteiger charge is -2.14. The van der Waals surface area contributed by atoms with Crippen LogP contribution in [0.15, 0.2) is 30.3 Å². The molecule has 0 aromatic heterocycles. The number of nitrogens with one attached hydrogen (secondary N) is 2. The Morgan fingerprint density at radius 1 is 1.30 bits per heavy atom. The summed E-state index contributed by atoms with van der Waals surface area (Å²) in [7, 11) is -2.93. The zero-order chi connectivity index (χ0) is 16.7. The van der Waals surface area contributed by atoms with Gasteiger partial charge in [-0.05, 0) is 24.5 Å². The predicted octanol–water partition coefficient (Wildman–Crippen LogP) is 0.160. The maximum Gasteiger partial charge on any atom is 0.314 e. The van der Waals surface area contributed by atoms with E-state index in [1.807, 2.05) is 18.2 Å². The summed E-state index contributed by atoms with van der Waals surface area (Å²) < 4.78 is 28.0. The van der Waals surface area contributed by atoms with Crippen molar-refractivity contribution in [1.82, 2.24) is 10.6 Å². The third-order valence-corrected chi connectivity index (χ3v) is 5.40. The molecule has 2 amide bonds. The van der Waals surface area contributed by atoms with Crippen molar-refractivity contribution in [2.24, 2.45) is 5.92 Å². The number of hydrogen-bond donors (Lipinski definition) is 3. The Morgan fingerprint density at radius 2 is 2.04 bits per heavy atom. The molecule has 0 bridgehead atoms. The average Bonchev–Trinajstić information content (AvgIpc) is 2.89. The first-order chi connectivity index (χ1) is 10.9. The summed E-state index contributed by atoms with van der Waals surface area (Å²) >= 11 is 0. The summed E-state index contributed by atoms with van der Waals surface area (Å²) in [6, 6.07) is 8.66.